The number of likely N-dealkylation sites (tertiary alicyclic amines) is 1. The molecule has 1 amide bonds. The summed E-state index contributed by atoms with van der Waals surface area (Å²) in [6.45, 7) is 2.79. The van der Waals surface area contributed by atoms with Gasteiger partial charge in [0.25, 0.3) is 0 Å². The van der Waals surface area contributed by atoms with E-state index in [0.29, 0.717) is 6.42 Å². The Kier molecular flexibility index (Phi) is 4.26. The highest BCUT2D eigenvalue weighted by molar-refractivity contribution is 5.82. The Morgan fingerprint density at radius 3 is 2.92 bits per heavy atom. The van der Waals surface area contributed by atoms with Crippen LogP contribution in [-0.4, -0.2) is 27.3 Å². The number of aryl methyl sites for hydroxylation is 1. The van der Waals surface area contributed by atoms with Crippen molar-refractivity contribution in [3.63, 3.8) is 0 Å². The molecular weight excluding hydrogens is 310 g/mol. The molecule has 1 aromatic carbocycles. The number of hydrogen-bond donors (Lipinski definition) is 1. The third kappa shape index (κ3) is 3.29. The monoisotopic (exact) mass is 333 g/mol. The third-order valence-electron chi connectivity index (χ3n) is 5.06. The van der Waals surface area contributed by atoms with Crippen LogP contribution in [0.2, 0.25) is 0 Å². The molecule has 25 heavy (non-hydrogen) atoms. The number of nitrogens with one attached hydrogen (secondary N) is 1. The van der Waals surface area contributed by atoms with Gasteiger partial charge in [-0.2, -0.15) is 0 Å². The van der Waals surface area contributed by atoms with Gasteiger partial charge in [0.15, 0.2) is 0 Å². The van der Waals surface area contributed by atoms with E-state index in [1.54, 1.807) is 0 Å². The van der Waals surface area contributed by atoms with Crippen molar-refractivity contribution in [2.75, 3.05) is 6.54 Å². The van der Waals surface area contributed by atoms with Gasteiger partial charge in [0, 0.05) is 29.6 Å². The van der Waals surface area contributed by atoms with Crippen molar-refractivity contribution in [3.8, 4) is 0 Å². The lowest BCUT2D eigenvalue weighted by Gasteiger charge is -2.35. The quantitative estimate of drug-likeness (QED) is 0.782. The van der Waals surface area contributed by atoms with Gasteiger partial charge in [0.1, 0.15) is 0 Å². The van der Waals surface area contributed by atoms with E-state index >= 15 is 0 Å². The summed E-state index contributed by atoms with van der Waals surface area (Å²) in [5.74, 6) is 0.189. The SMILES string of the molecule is Cc1ccc(CC(=O)N2CCCC[C@H]2c2cc3ccccc3[nH]2)cn1. The number of pyridine rings is 1. The van der Waals surface area contributed by atoms with Gasteiger partial charge >= 0.3 is 0 Å². The molecule has 2 aromatic heterocycles. The number of benzene rings is 1. The number of nitrogens with zero attached hydrogens (tertiary/aromatic N) is 2. The van der Waals surface area contributed by atoms with Crippen molar-refractivity contribution < 1.29 is 4.79 Å². The number of amides is 1. The number of rotatable bonds is 3. The number of piperidine rings is 1. The maximum Gasteiger partial charge on any atom is 0.227 e. The highest BCUT2D eigenvalue weighted by Gasteiger charge is 2.29. The summed E-state index contributed by atoms with van der Waals surface area (Å²) < 4.78 is 0. The minimum Gasteiger partial charge on any atom is -0.357 e. The molecule has 3 aromatic rings. The zero-order valence-corrected chi connectivity index (χ0v) is 14.5. The average molecular weight is 333 g/mol. The summed E-state index contributed by atoms with van der Waals surface area (Å²) in [6, 6.07) is 14.6. The first-order chi connectivity index (χ1) is 12.2. The molecule has 0 spiro atoms. The molecule has 0 bridgehead atoms. The zero-order valence-electron chi connectivity index (χ0n) is 14.5. The van der Waals surface area contributed by atoms with Gasteiger partial charge in [-0.15, -0.1) is 0 Å². The van der Waals surface area contributed by atoms with Gasteiger partial charge in [-0.05, 0) is 55.3 Å². The Morgan fingerprint density at radius 1 is 1.24 bits per heavy atom. The Hall–Kier alpha value is -2.62. The van der Waals surface area contributed by atoms with E-state index in [4.69, 9.17) is 0 Å². The predicted octanol–water partition coefficient (Wildman–Crippen LogP) is 4.17. The average Bonchev–Trinajstić information content (AvgIpc) is 3.07. The summed E-state index contributed by atoms with van der Waals surface area (Å²) in [4.78, 5) is 22.8. The molecule has 0 saturated carbocycles. The second kappa shape index (κ2) is 6.71. The molecule has 1 fully saturated rings. The van der Waals surface area contributed by atoms with Gasteiger partial charge in [-0.1, -0.05) is 24.3 Å². The van der Waals surface area contributed by atoms with Crippen molar-refractivity contribution in [3.05, 3.63) is 65.6 Å². The van der Waals surface area contributed by atoms with Gasteiger partial charge < -0.3 is 9.88 Å². The van der Waals surface area contributed by atoms with Crippen LogP contribution in [0, 0.1) is 6.92 Å². The van der Waals surface area contributed by atoms with E-state index in [0.717, 1.165) is 48.3 Å². The van der Waals surface area contributed by atoms with Crippen molar-refractivity contribution in [2.45, 2.75) is 38.6 Å². The molecule has 1 saturated heterocycles. The number of fused-ring (bicyclic) bond motifs is 1. The summed E-state index contributed by atoms with van der Waals surface area (Å²) in [5.41, 5.74) is 4.25. The second-order valence-electron chi connectivity index (χ2n) is 6.90. The first-order valence-corrected chi connectivity index (χ1v) is 8.99. The first kappa shape index (κ1) is 15.9. The van der Waals surface area contributed by atoms with E-state index in [9.17, 15) is 4.79 Å². The summed E-state index contributed by atoms with van der Waals surface area (Å²) in [5, 5.41) is 1.21. The van der Waals surface area contributed by atoms with Crippen molar-refractivity contribution in [1.29, 1.82) is 0 Å². The van der Waals surface area contributed by atoms with E-state index in [-0.39, 0.29) is 11.9 Å². The number of carbonyl (C=O) groups is 1. The van der Waals surface area contributed by atoms with Gasteiger partial charge in [0.05, 0.1) is 12.5 Å². The van der Waals surface area contributed by atoms with Crippen LogP contribution in [-0.2, 0) is 11.2 Å². The molecule has 0 unspecified atom stereocenters. The van der Waals surface area contributed by atoms with Crippen molar-refractivity contribution in [1.82, 2.24) is 14.9 Å². The molecule has 4 heteroatoms. The largest absolute Gasteiger partial charge is 0.357 e. The van der Waals surface area contributed by atoms with Crippen molar-refractivity contribution >= 4 is 16.8 Å². The molecule has 1 N–H and O–H groups in total. The zero-order chi connectivity index (χ0) is 17.2. The Bertz CT molecular complexity index is 849. The van der Waals surface area contributed by atoms with Crippen LogP contribution in [0.1, 0.15) is 42.3 Å². The fourth-order valence-electron chi connectivity index (χ4n) is 3.71. The van der Waals surface area contributed by atoms with E-state index in [1.165, 1.54) is 5.39 Å². The van der Waals surface area contributed by atoms with Crippen LogP contribution in [0.3, 0.4) is 0 Å². The molecule has 1 atom stereocenters. The van der Waals surface area contributed by atoms with E-state index in [1.807, 2.05) is 42.3 Å². The lowest BCUT2D eigenvalue weighted by Crippen LogP contribution is -2.39. The van der Waals surface area contributed by atoms with Gasteiger partial charge in [-0.3, -0.25) is 9.78 Å². The fraction of sp³-hybridized carbons (Fsp3) is 0.333. The topological polar surface area (TPSA) is 49.0 Å². The number of carbonyl (C=O) groups excluding carboxylic acids is 1. The fourth-order valence-corrected chi connectivity index (χ4v) is 3.71. The van der Waals surface area contributed by atoms with Crippen LogP contribution in [0.4, 0.5) is 0 Å². The summed E-state index contributed by atoms with van der Waals surface area (Å²) in [7, 11) is 0. The maximum absolute atomic E-state index is 12.9. The second-order valence-corrected chi connectivity index (χ2v) is 6.90. The highest BCUT2D eigenvalue weighted by Crippen LogP contribution is 2.32. The molecule has 0 aliphatic carbocycles. The molecule has 1 aliphatic rings. The molecule has 4 nitrogen and oxygen atoms in total. The van der Waals surface area contributed by atoms with E-state index < -0.39 is 0 Å². The standard InChI is InChI=1S/C21H23N3O/c1-15-9-10-16(14-22-15)12-21(25)24-11-5-4-8-20(24)19-13-17-6-2-3-7-18(17)23-19/h2-3,6-7,9-10,13-14,20,23H,4-5,8,11-12H2,1H3/t20-/m0/s1. The molecule has 1 aliphatic heterocycles. The van der Waals surface area contributed by atoms with Crippen LogP contribution in [0.15, 0.2) is 48.7 Å². The predicted molar refractivity (Wildman–Crippen MR) is 99.3 cm³/mol. The van der Waals surface area contributed by atoms with Gasteiger partial charge in [-0.25, -0.2) is 0 Å². The van der Waals surface area contributed by atoms with Gasteiger partial charge in [0.2, 0.25) is 5.91 Å². The minimum absolute atomic E-state index is 0.145. The number of aromatic nitrogens is 2. The molecule has 128 valence electrons. The van der Waals surface area contributed by atoms with Crippen LogP contribution in [0.5, 0.6) is 0 Å². The number of para-hydroxylation sites is 1. The Balaban J connectivity index is 1.57. The lowest BCUT2D eigenvalue weighted by atomic mass is 9.98. The molecule has 0 radical (unpaired) electrons. The smallest absolute Gasteiger partial charge is 0.227 e. The van der Waals surface area contributed by atoms with E-state index in [2.05, 4.69) is 28.2 Å². The highest BCUT2D eigenvalue weighted by atomic mass is 16.2. The number of aromatic amines is 1. The summed E-state index contributed by atoms with van der Waals surface area (Å²) in [6.07, 6.45) is 5.49. The van der Waals surface area contributed by atoms with Crippen molar-refractivity contribution in [2.24, 2.45) is 0 Å². The minimum atomic E-state index is 0.145. The number of H-pyrrole nitrogens is 1. The molecule has 4 rings (SSSR count). The Morgan fingerprint density at radius 2 is 2.12 bits per heavy atom. The summed E-state index contributed by atoms with van der Waals surface area (Å²) >= 11 is 0. The van der Waals surface area contributed by atoms with Crippen LogP contribution >= 0.6 is 0 Å². The maximum atomic E-state index is 12.9. The first-order valence-electron chi connectivity index (χ1n) is 8.99. The molecule has 3 heterocycles. The molecular formula is C21H23N3O. The van der Waals surface area contributed by atoms with Crippen LogP contribution < -0.4 is 0 Å². The normalized spacial score (nSPS) is 17.8. The number of hydrogen-bond acceptors (Lipinski definition) is 2. The Labute approximate surface area is 147 Å². The third-order valence-corrected chi connectivity index (χ3v) is 5.06. The van der Waals surface area contributed by atoms with Crippen LogP contribution in [0.25, 0.3) is 10.9 Å². The lowest BCUT2D eigenvalue weighted by molar-refractivity contribution is -0.134.